The van der Waals surface area contributed by atoms with Crippen molar-refractivity contribution >= 4 is 0 Å². The monoisotopic (exact) mass is 288 g/mol. The molecule has 1 aromatic carbocycles. The molecule has 0 radical (unpaired) electrons. The number of nitrogens with zero attached hydrogens (tertiary/aromatic N) is 1. The van der Waals surface area contributed by atoms with Gasteiger partial charge in [0.1, 0.15) is 5.82 Å². The first-order valence-corrected chi connectivity index (χ1v) is 5.85. The summed E-state index contributed by atoms with van der Waals surface area (Å²) < 4.78 is 55.6. The van der Waals surface area contributed by atoms with Gasteiger partial charge in [0, 0.05) is 12.6 Å². The first kappa shape index (κ1) is 14.5. The zero-order chi connectivity index (χ0) is 14.8. The van der Waals surface area contributed by atoms with E-state index in [2.05, 4.69) is 10.5 Å². The van der Waals surface area contributed by atoms with Gasteiger partial charge in [-0.2, -0.15) is 13.2 Å². The molecular formula is C13H12F4N2O. The molecule has 0 bridgehead atoms. The molecule has 2 rings (SSSR count). The number of hydrogen-bond acceptors (Lipinski definition) is 3. The molecular weight excluding hydrogens is 276 g/mol. The van der Waals surface area contributed by atoms with Crippen LogP contribution in [0.25, 0.3) is 0 Å². The number of nitrogens with one attached hydrogen (secondary N) is 1. The van der Waals surface area contributed by atoms with Gasteiger partial charge in [0.15, 0.2) is 5.76 Å². The summed E-state index contributed by atoms with van der Waals surface area (Å²) in [6, 6.07) is 4.65. The molecule has 1 aromatic heterocycles. The average Bonchev–Trinajstić information content (AvgIpc) is 2.76. The highest BCUT2D eigenvalue weighted by atomic mass is 19.4. The Bertz CT molecular complexity index is 592. The highest BCUT2D eigenvalue weighted by Gasteiger charge is 2.34. The van der Waals surface area contributed by atoms with E-state index in [9.17, 15) is 17.6 Å². The van der Waals surface area contributed by atoms with Crippen LogP contribution in [-0.2, 0) is 19.3 Å². The fourth-order valence-electron chi connectivity index (χ4n) is 1.73. The van der Waals surface area contributed by atoms with Crippen LogP contribution in [0.5, 0.6) is 0 Å². The second kappa shape index (κ2) is 5.62. The third-order valence-corrected chi connectivity index (χ3v) is 2.64. The summed E-state index contributed by atoms with van der Waals surface area (Å²) in [6.45, 7) is 2.27. The van der Waals surface area contributed by atoms with Crippen LogP contribution < -0.4 is 5.32 Å². The Morgan fingerprint density at radius 2 is 1.95 bits per heavy atom. The Morgan fingerprint density at radius 1 is 1.20 bits per heavy atom. The third-order valence-electron chi connectivity index (χ3n) is 2.64. The van der Waals surface area contributed by atoms with Crippen LogP contribution in [0.4, 0.5) is 17.6 Å². The van der Waals surface area contributed by atoms with Crippen molar-refractivity contribution in [3.63, 3.8) is 0 Å². The number of benzene rings is 1. The summed E-state index contributed by atoms with van der Waals surface area (Å²) in [4.78, 5) is 0. The molecule has 0 amide bonds. The summed E-state index contributed by atoms with van der Waals surface area (Å²) in [5.74, 6) is -0.687. The largest absolute Gasteiger partial charge is 0.419 e. The number of aryl methyl sites for hydroxylation is 1. The van der Waals surface area contributed by atoms with Crippen molar-refractivity contribution in [3.05, 3.63) is 52.7 Å². The van der Waals surface area contributed by atoms with Crippen LogP contribution in [0.3, 0.4) is 0 Å². The topological polar surface area (TPSA) is 38.1 Å². The lowest BCUT2D eigenvalue weighted by atomic mass is 10.1. The van der Waals surface area contributed by atoms with Crippen LogP contribution in [0.1, 0.15) is 22.6 Å². The van der Waals surface area contributed by atoms with Gasteiger partial charge in [0.25, 0.3) is 0 Å². The first-order valence-electron chi connectivity index (χ1n) is 5.85. The highest BCUT2D eigenvalue weighted by Crippen LogP contribution is 2.31. The molecule has 1 heterocycles. The minimum absolute atomic E-state index is 0.170. The van der Waals surface area contributed by atoms with E-state index in [0.29, 0.717) is 17.9 Å². The maximum Gasteiger partial charge on any atom is 0.419 e. The van der Waals surface area contributed by atoms with Gasteiger partial charge in [-0.3, -0.25) is 0 Å². The van der Waals surface area contributed by atoms with Gasteiger partial charge in [-0.25, -0.2) is 4.39 Å². The number of hydrogen-bond donors (Lipinski definition) is 1. The maximum absolute atomic E-state index is 13.1. The molecule has 0 fully saturated rings. The Morgan fingerprint density at radius 3 is 2.55 bits per heavy atom. The van der Waals surface area contributed by atoms with Crippen molar-refractivity contribution < 1.29 is 22.1 Å². The lowest BCUT2D eigenvalue weighted by molar-refractivity contribution is -0.140. The minimum atomic E-state index is -4.69. The van der Waals surface area contributed by atoms with Crippen molar-refractivity contribution in [2.45, 2.75) is 26.2 Å². The molecule has 0 spiro atoms. The minimum Gasteiger partial charge on any atom is -0.360 e. The predicted molar refractivity (Wildman–Crippen MR) is 63.2 cm³/mol. The number of rotatable bonds is 4. The fourth-order valence-corrected chi connectivity index (χ4v) is 1.73. The molecule has 0 aliphatic carbocycles. The second-order valence-corrected chi connectivity index (χ2v) is 4.35. The zero-order valence-electron chi connectivity index (χ0n) is 10.6. The lowest BCUT2D eigenvalue weighted by Crippen LogP contribution is -2.14. The van der Waals surface area contributed by atoms with Crippen LogP contribution in [0.2, 0.25) is 0 Å². The SMILES string of the molecule is Cc1cc(CNCc2ccc(F)c(C(F)(F)F)c2)on1. The summed E-state index contributed by atoms with van der Waals surface area (Å²) in [6.07, 6.45) is -4.69. The lowest BCUT2D eigenvalue weighted by Gasteiger charge is -2.10. The Kier molecular flexibility index (Phi) is 4.08. The molecule has 1 N–H and O–H groups in total. The molecule has 0 saturated carbocycles. The van der Waals surface area contributed by atoms with Gasteiger partial charge >= 0.3 is 6.18 Å². The molecule has 0 unspecified atom stereocenters. The summed E-state index contributed by atoms with van der Waals surface area (Å²) >= 11 is 0. The predicted octanol–water partition coefficient (Wildman–Crippen LogP) is 3.43. The van der Waals surface area contributed by atoms with Crippen molar-refractivity contribution in [1.82, 2.24) is 10.5 Å². The Labute approximate surface area is 112 Å². The highest BCUT2D eigenvalue weighted by molar-refractivity contribution is 5.27. The molecule has 0 atom stereocenters. The molecule has 0 aliphatic heterocycles. The van der Waals surface area contributed by atoms with Crippen molar-refractivity contribution in [1.29, 1.82) is 0 Å². The fraction of sp³-hybridized carbons (Fsp3) is 0.308. The average molecular weight is 288 g/mol. The van der Waals surface area contributed by atoms with E-state index in [1.54, 1.807) is 13.0 Å². The zero-order valence-corrected chi connectivity index (χ0v) is 10.6. The molecule has 20 heavy (non-hydrogen) atoms. The summed E-state index contributed by atoms with van der Waals surface area (Å²) in [5.41, 5.74) is -0.190. The van der Waals surface area contributed by atoms with E-state index in [4.69, 9.17) is 4.52 Å². The third kappa shape index (κ3) is 3.57. The molecule has 2 aromatic rings. The number of halogens is 4. The van der Waals surface area contributed by atoms with Crippen molar-refractivity contribution in [2.75, 3.05) is 0 Å². The smallest absolute Gasteiger partial charge is 0.360 e. The van der Waals surface area contributed by atoms with Crippen LogP contribution in [0.15, 0.2) is 28.8 Å². The second-order valence-electron chi connectivity index (χ2n) is 4.35. The van der Waals surface area contributed by atoms with E-state index in [0.717, 1.165) is 17.8 Å². The van der Waals surface area contributed by atoms with Crippen molar-refractivity contribution in [2.24, 2.45) is 0 Å². The van der Waals surface area contributed by atoms with Gasteiger partial charge in [-0.15, -0.1) is 0 Å². The number of alkyl halides is 3. The van der Waals surface area contributed by atoms with Gasteiger partial charge in [0.2, 0.25) is 0 Å². The maximum atomic E-state index is 13.1. The van der Waals surface area contributed by atoms with Crippen LogP contribution in [-0.4, -0.2) is 5.16 Å². The standard InChI is InChI=1S/C13H12F4N2O/c1-8-4-10(20-19-8)7-18-6-9-2-3-12(14)11(5-9)13(15,16)17/h2-5,18H,6-7H2,1H3. The van der Waals surface area contributed by atoms with E-state index in [1.165, 1.54) is 6.07 Å². The van der Waals surface area contributed by atoms with Gasteiger partial charge in [-0.1, -0.05) is 11.2 Å². The molecule has 108 valence electrons. The van der Waals surface area contributed by atoms with Gasteiger partial charge < -0.3 is 9.84 Å². The molecule has 0 saturated heterocycles. The summed E-state index contributed by atoms with van der Waals surface area (Å²) in [7, 11) is 0. The van der Waals surface area contributed by atoms with Gasteiger partial charge in [0.05, 0.1) is 17.8 Å². The van der Waals surface area contributed by atoms with E-state index in [-0.39, 0.29) is 6.54 Å². The van der Waals surface area contributed by atoms with Crippen LogP contribution in [0, 0.1) is 12.7 Å². The van der Waals surface area contributed by atoms with E-state index in [1.807, 2.05) is 0 Å². The Balaban J connectivity index is 2.00. The normalized spacial score (nSPS) is 11.8. The van der Waals surface area contributed by atoms with E-state index >= 15 is 0 Å². The van der Waals surface area contributed by atoms with Gasteiger partial charge in [-0.05, 0) is 24.6 Å². The number of aromatic nitrogens is 1. The molecule has 0 aliphatic rings. The molecule has 3 nitrogen and oxygen atoms in total. The summed E-state index contributed by atoms with van der Waals surface area (Å²) in [5, 5.41) is 6.59. The van der Waals surface area contributed by atoms with Crippen molar-refractivity contribution in [3.8, 4) is 0 Å². The Hall–Kier alpha value is -1.89. The first-order chi connectivity index (χ1) is 9.36. The quantitative estimate of drug-likeness (QED) is 0.876. The van der Waals surface area contributed by atoms with E-state index < -0.39 is 17.6 Å². The molecule has 7 heteroatoms. The van der Waals surface area contributed by atoms with Crippen LogP contribution >= 0.6 is 0 Å².